The van der Waals surface area contributed by atoms with Gasteiger partial charge in [0.2, 0.25) is 5.88 Å². The summed E-state index contributed by atoms with van der Waals surface area (Å²) in [6.07, 6.45) is 2.17. The Labute approximate surface area is 129 Å². The summed E-state index contributed by atoms with van der Waals surface area (Å²) in [6, 6.07) is 11.2. The molecule has 1 aliphatic rings. The Morgan fingerprint density at radius 1 is 1.19 bits per heavy atom. The van der Waals surface area contributed by atoms with E-state index in [1.54, 1.807) is 6.07 Å². The standard InChI is InChI=1S/C17H17ClN2O/c1-11-10-17(2,3)20-14-7-8-15(19-16(11)14)21-13-6-4-5-12(18)9-13/h4-10,20H,1-3H3. The lowest BCUT2D eigenvalue weighted by Crippen LogP contribution is -2.31. The van der Waals surface area contributed by atoms with E-state index in [9.17, 15) is 0 Å². The van der Waals surface area contributed by atoms with Gasteiger partial charge >= 0.3 is 0 Å². The van der Waals surface area contributed by atoms with Crippen molar-refractivity contribution in [2.24, 2.45) is 0 Å². The van der Waals surface area contributed by atoms with Crippen LogP contribution in [0.1, 0.15) is 26.5 Å². The zero-order valence-corrected chi connectivity index (χ0v) is 13.0. The SMILES string of the molecule is CC1=CC(C)(C)Nc2ccc(Oc3cccc(Cl)c3)nc21. The van der Waals surface area contributed by atoms with Gasteiger partial charge in [0.15, 0.2) is 0 Å². The highest BCUT2D eigenvalue weighted by Gasteiger charge is 2.23. The van der Waals surface area contributed by atoms with Crippen molar-refractivity contribution in [1.82, 2.24) is 4.98 Å². The van der Waals surface area contributed by atoms with Crippen LogP contribution in [0.4, 0.5) is 5.69 Å². The van der Waals surface area contributed by atoms with E-state index in [0.29, 0.717) is 16.7 Å². The molecule has 0 saturated heterocycles. The lowest BCUT2D eigenvalue weighted by molar-refractivity contribution is 0.462. The van der Waals surface area contributed by atoms with Crippen molar-refractivity contribution in [3.63, 3.8) is 0 Å². The highest BCUT2D eigenvalue weighted by molar-refractivity contribution is 6.30. The molecular weight excluding hydrogens is 284 g/mol. The quantitative estimate of drug-likeness (QED) is 0.834. The molecule has 1 aliphatic heterocycles. The normalized spacial score (nSPS) is 15.7. The molecule has 3 rings (SSSR count). The van der Waals surface area contributed by atoms with Gasteiger partial charge in [-0.2, -0.15) is 0 Å². The van der Waals surface area contributed by atoms with Crippen molar-refractivity contribution in [3.8, 4) is 11.6 Å². The van der Waals surface area contributed by atoms with Crippen molar-refractivity contribution >= 4 is 22.9 Å². The number of hydrogen-bond donors (Lipinski definition) is 1. The maximum atomic E-state index is 5.96. The number of ether oxygens (including phenoxy) is 1. The fourth-order valence-corrected chi connectivity index (χ4v) is 2.72. The van der Waals surface area contributed by atoms with E-state index >= 15 is 0 Å². The van der Waals surface area contributed by atoms with E-state index in [0.717, 1.165) is 17.0 Å². The number of allylic oxidation sites excluding steroid dienone is 1. The number of nitrogens with one attached hydrogen (secondary N) is 1. The molecule has 0 saturated carbocycles. The number of fused-ring (bicyclic) bond motifs is 1. The van der Waals surface area contributed by atoms with Crippen molar-refractivity contribution in [3.05, 3.63) is 53.2 Å². The third kappa shape index (κ3) is 3.03. The zero-order chi connectivity index (χ0) is 15.0. The second-order valence-corrected chi connectivity index (χ2v) is 6.22. The van der Waals surface area contributed by atoms with Gasteiger partial charge in [0, 0.05) is 11.1 Å². The Bertz CT molecular complexity index is 722. The first-order valence-corrected chi connectivity index (χ1v) is 7.23. The number of pyridine rings is 1. The number of halogens is 1. The van der Waals surface area contributed by atoms with Gasteiger partial charge in [-0.15, -0.1) is 0 Å². The molecule has 108 valence electrons. The summed E-state index contributed by atoms with van der Waals surface area (Å²) >= 11 is 5.96. The number of aromatic nitrogens is 1. The van der Waals surface area contributed by atoms with Crippen molar-refractivity contribution < 1.29 is 4.74 Å². The lowest BCUT2D eigenvalue weighted by atomic mass is 9.94. The second-order valence-electron chi connectivity index (χ2n) is 5.78. The van der Waals surface area contributed by atoms with Gasteiger partial charge in [0.25, 0.3) is 0 Å². The smallest absolute Gasteiger partial charge is 0.219 e. The summed E-state index contributed by atoms with van der Waals surface area (Å²) in [5, 5.41) is 4.09. The number of anilines is 1. The summed E-state index contributed by atoms with van der Waals surface area (Å²) in [5.74, 6) is 1.24. The molecule has 3 nitrogen and oxygen atoms in total. The van der Waals surface area contributed by atoms with E-state index in [4.69, 9.17) is 16.3 Å². The topological polar surface area (TPSA) is 34.1 Å². The molecular formula is C17H17ClN2O. The van der Waals surface area contributed by atoms with Crippen molar-refractivity contribution in [2.75, 3.05) is 5.32 Å². The average Bonchev–Trinajstić information content (AvgIpc) is 2.38. The summed E-state index contributed by atoms with van der Waals surface area (Å²) in [6.45, 7) is 6.34. The van der Waals surface area contributed by atoms with Crippen LogP contribution in [0.25, 0.3) is 5.57 Å². The number of nitrogens with zero attached hydrogens (tertiary/aromatic N) is 1. The molecule has 0 bridgehead atoms. The molecule has 0 radical (unpaired) electrons. The highest BCUT2D eigenvalue weighted by Crippen LogP contribution is 2.34. The first-order valence-electron chi connectivity index (χ1n) is 6.85. The van der Waals surface area contributed by atoms with Crippen LogP contribution in [0.15, 0.2) is 42.5 Å². The summed E-state index contributed by atoms with van der Waals surface area (Å²) in [5.41, 5.74) is 3.03. The van der Waals surface area contributed by atoms with Crippen LogP contribution in [0.2, 0.25) is 5.02 Å². The Kier molecular flexibility index (Phi) is 3.38. The van der Waals surface area contributed by atoms with Gasteiger partial charge in [0.05, 0.1) is 16.9 Å². The molecule has 0 atom stereocenters. The van der Waals surface area contributed by atoms with Gasteiger partial charge in [0.1, 0.15) is 5.75 Å². The third-order valence-electron chi connectivity index (χ3n) is 3.30. The van der Waals surface area contributed by atoms with Crippen LogP contribution in [0.3, 0.4) is 0 Å². The van der Waals surface area contributed by atoms with E-state index < -0.39 is 0 Å². The van der Waals surface area contributed by atoms with Crippen LogP contribution in [0.5, 0.6) is 11.6 Å². The highest BCUT2D eigenvalue weighted by atomic mass is 35.5. The molecule has 2 aromatic rings. The molecule has 1 aromatic heterocycles. The van der Waals surface area contributed by atoms with Gasteiger partial charge < -0.3 is 10.1 Å². The van der Waals surface area contributed by atoms with Gasteiger partial charge in [-0.1, -0.05) is 23.7 Å². The van der Waals surface area contributed by atoms with E-state index in [2.05, 4.69) is 37.1 Å². The molecule has 0 spiro atoms. The zero-order valence-electron chi connectivity index (χ0n) is 12.3. The Hall–Kier alpha value is -2.00. The Morgan fingerprint density at radius 2 is 2.00 bits per heavy atom. The maximum Gasteiger partial charge on any atom is 0.219 e. The number of rotatable bonds is 2. The van der Waals surface area contributed by atoms with Gasteiger partial charge in [-0.05, 0) is 50.6 Å². The summed E-state index contributed by atoms with van der Waals surface area (Å²) in [7, 11) is 0. The largest absolute Gasteiger partial charge is 0.439 e. The first kappa shape index (κ1) is 14.0. The van der Waals surface area contributed by atoms with Crippen LogP contribution in [-0.4, -0.2) is 10.5 Å². The Balaban J connectivity index is 1.92. The van der Waals surface area contributed by atoms with E-state index in [-0.39, 0.29) is 5.54 Å². The minimum absolute atomic E-state index is 0.0614. The summed E-state index contributed by atoms with van der Waals surface area (Å²) < 4.78 is 5.78. The molecule has 1 aromatic carbocycles. The monoisotopic (exact) mass is 300 g/mol. The fraction of sp³-hybridized carbons (Fsp3) is 0.235. The lowest BCUT2D eigenvalue weighted by Gasteiger charge is -2.30. The second kappa shape index (κ2) is 5.08. The predicted molar refractivity (Wildman–Crippen MR) is 87.1 cm³/mol. The minimum atomic E-state index is -0.0614. The number of hydrogen-bond acceptors (Lipinski definition) is 3. The molecule has 4 heteroatoms. The number of benzene rings is 1. The molecule has 1 N–H and O–H groups in total. The van der Waals surface area contributed by atoms with Crippen LogP contribution < -0.4 is 10.1 Å². The molecule has 0 unspecified atom stereocenters. The van der Waals surface area contributed by atoms with Crippen molar-refractivity contribution in [2.45, 2.75) is 26.3 Å². The molecule has 0 aliphatic carbocycles. The van der Waals surface area contributed by atoms with Crippen LogP contribution >= 0.6 is 11.6 Å². The van der Waals surface area contributed by atoms with E-state index in [1.165, 1.54) is 0 Å². The molecule has 2 heterocycles. The van der Waals surface area contributed by atoms with Crippen molar-refractivity contribution in [1.29, 1.82) is 0 Å². The average molecular weight is 301 g/mol. The third-order valence-corrected chi connectivity index (χ3v) is 3.53. The molecule has 21 heavy (non-hydrogen) atoms. The van der Waals surface area contributed by atoms with Gasteiger partial charge in [-0.3, -0.25) is 0 Å². The van der Waals surface area contributed by atoms with Crippen LogP contribution in [0, 0.1) is 0 Å². The Morgan fingerprint density at radius 3 is 2.76 bits per heavy atom. The minimum Gasteiger partial charge on any atom is -0.439 e. The summed E-state index contributed by atoms with van der Waals surface area (Å²) in [4.78, 5) is 4.59. The van der Waals surface area contributed by atoms with Crippen LogP contribution in [-0.2, 0) is 0 Å². The maximum absolute atomic E-state index is 5.96. The first-order chi connectivity index (χ1) is 9.93. The molecule has 0 amide bonds. The van der Waals surface area contributed by atoms with Gasteiger partial charge in [-0.25, -0.2) is 4.98 Å². The molecule has 0 fully saturated rings. The van der Waals surface area contributed by atoms with E-state index in [1.807, 2.05) is 30.3 Å². The predicted octanol–water partition coefficient (Wildman–Crippen LogP) is 5.13. The fourth-order valence-electron chi connectivity index (χ4n) is 2.54.